The summed E-state index contributed by atoms with van der Waals surface area (Å²) in [6.07, 6.45) is 3.56. The normalized spacial score (nSPS) is 12.2. The summed E-state index contributed by atoms with van der Waals surface area (Å²) in [4.78, 5) is 31.5. The quantitative estimate of drug-likeness (QED) is 0.795. The third kappa shape index (κ3) is 5.17. The molecule has 0 unspecified atom stereocenters. The Balaban J connectivity index is 2.91. The minimum atomic E-state index is -1.08. The maximum Gasteiger partial charge on any atom is 0.326 e. The number of carbonyl (C=O) groups excluding carboxylic acids is 1. The highest BCUT2D eigenvalue weighted by atomic mass is 35.5. The van der Waals surface area contributed by atoms with Gasteiger partial charge >= 0.3 is 5.97 Å². The second-order valence-corrected chi connectivity index (χ2v) is 6.12. The van der Waals surface area contributed by atoms with Crippen molar-refractivity contribution in [1.82, 2.24) is 15.3 Å². The van der Waals surface area contributed by atoms with E-state index in [0.29, 0.717) is 18.0 Å². The predicted octanol–water partition coefficient (Wildman–Crippen LogP) is 2.19. The van der Waals surface area contributed by atoms with E-state index in [2.05, 4.69) is 15.3 Å². The van der Waals surface area contributed by atoms with Crippen LogP contribution in [0.25, 0.3) is 0 Å². The maximum absolute atomic E-state index is 12.2. The summed E-state index contributed by atoms with van der Waals surface area (Å²) in [7, 11) is 0. The number of hydrogen-bond donors (Lipinski definition) is 2. The number of nitrogens with one attached hydrogen (secondary N) is 1. The molecule has 0 aromatic carbocycles. The van der Waals surface area contributed by atoms with Crippen molar-refractivity contribution in [3.63, 3.8) is 0 Å². The fourth-order valence-corrected chi connectivity index (χ4v) is 2.19. The lowest BCUT2D eigenvalue weighted by Crippen LogP contribution is -2.41. The van der Waals surface area contributed by atoms with Crippen molar-refractivity contribution in [2.24, 2.45) is 0 Å². The first-order valence-corrected chi connectivity index (χ1v) is 8.19. The van der Waals surface area contributed by atoms with Crippen molar-refractivity contribution in [3.8, 4) is 0 Å². The van der Waals surface area contributed by atoms with Crippen LogP contribution in [0.1, 0.15) is 42.5 Å². The maximum atomic E-state index is 12.2. The molecule has 8 heteroatoms. The molecule has 0 saturated heterocycles. The molecule has 0 aliphatic heterocycles. The zero-order valence-corrected chi connectivity index (χ0v) is 13.7. The Morgan fingerprint density at radius 2 is 2.14 bits per heavy atom. The molecule has 0 spiro atoms. The predicted molar refractivity (Wildman–Crippen MR) is 83.0 cm³/mol. The third-order valence-electron chi connectivity index (χ3n) is 2.71. The first kappa shape index (κ1) is 17.7. The molecule has 1 rings (SSSR count). The fourth-order valence-electron chi connectivity index (χ4n) is 1.54. The Labute approximate surface area is 132 Å². The second-order valence-electron chi connectivity index (χ2n) is 4.73. The lowest BCUT2D eigenvalue weighted by atomic mass is 10.2. The van der Waals surface area contributed by atoms with E-state index in [0.717, 1.165) is 0 Å². The second kappa shape index (κ2) is 8.19. The van der Waals surface area contributed by atoms with Crippen LogP contribution in [0, 0.1) is 0 Å². The van der Waals surface area contributed by atoms with Gasteiger partial charge < -0.3 is 10.4 Å². The number of carboxylic acids is 1. The van der Waals surface area contributed by atoms with Crippen molar-refractivity contribution in [2.75, 3.05) is 12.0 Å². The molecule has 6 nitrogen and oxygen atoms in total. The van der Waals surface area contributed by atoms with Crippen LogP contribution in [0.5, 0.6) is 0 Å². The first-order valence-electron chi connectivity index (χ1n) is 6.41. The average Bonchev–Trinajstić information content (AvgIpc) is 2.42. The molecule has 0 saturated carbocycles. The van der Waals surface area contributed by atoms with Crippen LogP contribution in [0.2, 0.25) is 5.02 Å². The lowest BCUT2D eigenvalue weighted by molar-refractivity contribution is -0.139. The first-order chi connectivity index (χ1) is 9.86. The van der Waals surface area contributed by atoms with E-state index in [-0.39, 0.29) is 16.6 Å². The van der Waals surface area contributed by atoms with Gasteiger partial charge in [-0.25, -0.2) is 14.8 Å². The zero-order chi connectivity index (χ0) is 16.0. The molecule has 0 bridgehead atoms. The molecule has 1 aromatic rings. The van der Waals surface area contributed by atoms with Gasteiger partial charge in [0.2, 0.25) is 0 Å². The third-order valence-corrected chi connectivity index (χ3v) is 3.63. The van der Waals surface area contributed by atoms with Gasteiger partial charge in [-0.3, -0.25) is 4.79 Å². The van der Waals surface area contributed by atoms with Crippen LogP contribution in [-0.4, -0.2) is 45.0 Å². The number of hydrogen-bond acceptors (Lipinski definition) is 5. The highest BCUT2D eigenvalue weighted by Gasteiger charge is 2.23. The molecule has 0 fully saturated rings. The van der Waals surface area contributed by atoms with Gasteiger partial charge in [0.15, 0.2) is 0 Å². The van der Waals surface area contributed by atoms with Crippen LogP contribution < -0.4 is 5.32 Å². The summed E-state index contributed by atoms with van der Waals surface area (Å²) in [5, 5.41) is 11.7. The van der Waals surface area contributed by atoms with Crippen molar-refractivity contribution in [2.45, 2.75) is 32.2 Å². The molecular formula is C13H18ClN3O3S. The summed E-state index contributed by atoms with van der Waals surface area (Å²) in [5.41, 5.74) is 0.00534. The van der Waals surface area contributed by atoms with E-state index in [1.54, 1.807) is 0 Å². The van der Waals surface area contributed by atoms with Gasteiger partial charge in [-0.2, -0.15) is 11.8 Å². The van der Waals surface area contributed by atoms with Gasteiger partial charge in [0.25, 0.3) is 5.91 Å². The molecule has 0 aliphatic rings. The molecule has 0 aliphatic carbocycles. The number of carbonyl (C=O) groups is 2. The van der Waals surface area contributed by atoms with Gasteiger partial charge in [-0.1, -0.05) is 25.4 Å². The van der Waals surface area contributed by atoms with E-state index in [1.807, 2.05) is 20.1 Å². The topological polar surface area (TPSA) is 92.2 Å². The summed E-state index contributed by atoms with van der Waals surface area (Å²) in [5.74, 6) is -0.517. The molecule has 1 aromatic heterocycles. The SMILES string of the molecule is CSCC[C@H](NC(=O)c1nc(C(C)C)ncc1Cl)C(=O)O. The summed E-state index contributed by atoms with van der Waals surface area (Å²) in [6.45, 7) is 3.78. The summed E-state index contributed by atoms with van der Waals surface area (Å²) >= 11 is 7.44. The smallest absolute Gasteiger partial charge is 0.326 e. The van der Waals surface area contributed by atoms with Crippen molar-refractivity contribution in [3.05, 3.63) is 22.7 Å². The zero-order valence-electron chi connectivity index (χ0n) is 12.1. The van der Waals surface area contributed by atoms with Crippen LogP contribution in [0.15, 0.2) is 6.20 Å². The van der Waals surface area contributed by atoms with E-state index in [4.69, 9.17) is 16.7 Å². The number of carboxylic acid groups (broad SMARTS) is 1. The van der Waals surface area contributed by atoms with Gasteiger partial charge in [0, 0.05) is 5.92 Å². The monoisotopic (exact) mass is 331 g/mol. The minimum Gasteiger partial charge on any atom is -0.480 e. The van der Waals surface area contributed by atoms with E-state index in [9.17, 15) is 9.59 Å². The van der Waals surface area contributed by atoms with Crippen LogP contribution >= 0.6 is 23.4 Å². The Morgan fingerprint density at radius 3 is 2.67 bits per heavy atom. The van der Waals surface area contributed by atoms with Crippen molar-refractivity contribution >= 4 is 35.2 Å². The Hall–Kier alpha value is -1.34. The summed E-state index contributed by atoms with van der Waals surface area (Å²) < 4.78 is 0. The number of aromatic nitrogens is 2. The Bertz CT molecular complexity index is 525. The van der Waals surface area contributed by atoms with Gasteiger partial charge in [0.1, 0.15) is 17.6 Å². The molecular weight excluding hydrogens is 314 g/mol. The molecule has 1 atom stereocenters. The molecule has 116 valence electrons. The summed E-state index contributed by atoms with van der Waals surface area (Å²) in [6, 6.07) is -0.960. The van der Waals surface area contributed by atoms with Crippen LogP contribution in [-0.2, 0) is 4.79 Å². The number of aliphatic carboxylic acids is 1. The standard InChI is InChI=1S/C13H18ClN3O3S/c1-7(2)11-15-6-8(14)10(17-11)12(18)16-9(13(19)20)4-5-21-3/h6-7,9H,4-5H2,1-3H3,(H,16,18)(H,19,20)/t9-/m0/s1. The number of amides is 1. The molecule has 1 amide bonds. The van der Waals surface area contributed by atoms with Gasteiger partial charge in [-0.05, 0) is 18.4 Å². The number of halogens is 1. The van der Waals surface area contributed by atoms with Gasteiger partial charge in [-0.15, -0.1) is 0 Å². The van der Waals surface area contributed by atoms with E-state index < -0.39 is 17.9 Å². The minimum absolute atomic E-state index is 0.00534. The molecule has 1 heterocycles. The Kier molecular flexibility index (Phi) is 6.91. The lowest BCUT2D eigenvalue weighted by Gasteiger charge is -2.14. The van der Waals surface area contributed by atoms with E-state index >= 15 is 0 Å². The van der Waals surface area contributed by atoms with Crippen LogP contribution in [0.4, 0.5) is 0 Å². The Morgan fingerprint density at radius 1 is 1.48 bits per heavy atom. The molecule has 21 heavy (non-hydrogen) atoms. The number of rotatable bonds is 7. The van der Waals surface area contributed by atoms with Crippen LogP contribution in [0.3, 0.4) is 0 Å². The molecule has 2 N–H and O–H groups in total. The fraction of sp³-hybridized carbons (Fsp3) is 0.538. The van der Waals surface area contributed by atoms with Crippen molar-refractivity contribution in [1.29, 1.82) is 0 Å². The van der Waals surface area contributed by atoms with Crippen molar-refractivity contribution < 1.29 is 14.7 Å². The number of nitrogens with zero attached hydrogens (tertiary/aromatic N) is 2. The highest BCUT2D eigenvalue weighted by molar-refractivity contribution is 7.98. The average molecular weight is 332 g/mol. The van der Waals surface area contributed by atoms with Gasteiger partial charge in [0.05, 0.1) is 11.2 Å². The number of thioether (sulfide) groups is 1. The van der Waals surface area contributed by atoms with E-state index in [1.165, 1.54) is 18.0 Å². The largest absolute Gasteiger partial charge is 0.480 e. The highest BCUT2D eigenvalue weighted by Crippen LogP contribution is 2.16. The molecule has 0 radical (unpaired) electrons.